The number of rotatable bonds is 5. The third-order valence-electron chi connectivity index (χ3n) is 5.28. The van der Waals surface area contributed by atoms with Gasteiger partial charge in [0.1, 0.15) is 5.82 Å². The minimum Gasteiger partial charge on any atom is -0.321 e. The summed E-state index contributed by atoms with van der Waals surface area (Å²) in [5.74, 6) is -2.84. The van der Waals surface area contributed by atoms with Gasteiger partial charge in [-0.05, 0) is 66.6 Å². The molecule has 0 aliphatic carbocycles. The van der Waals surface area contributed by atoms with Gasteiger partial charge in [-0.2, -0.15) is 0 Å². The first-order chi connectivity index (χ1) is 15.8. The zero-order valence-electron chi connectivity index (χ0n) is 17.3. The number of carbonyl (C=O) groups is 2. The average molecular weight is 474 g/mol. The van der Waals surface area contributed by atoms with Crippen molar-refractivity contribution in [3.63, 3.8) is 0 Å². The summed E-state index contributed by atoms with van der Waals surface area (Å²) in [5, 5.41) is 2.96. The quantitative estimate of drug-likeness (QED) is 0.506. The normalized spacial score (nSPS) is 13.9. The van der Waals surface area contributed by atoms with Crippen LogP contribution < -0.4 is 10.2 Å². The number of anilines is 2. The van der Waals surface area contributed by atoms with Gasteiger partial charge < -0.3 is 10.2 Å². The van der Waals surface area contributed by atoms with Gasteiger partial charge in [-0.3, -0.25) is 9.69 Å². The lowest BCUT2D eigenvalue weighted by Crippen LogP contribution is -2.49. The zero-order chi connectivity index (χ0) is 23.5. The summed E-state index contributed by atoms with van der Waals surface area (Å²) in [5.41, 5.74) is 1.56. The summed E-state index contributed by atoms with van der Waals surface area (Å²) in [6.45, 7) is 1.05. The van der Waals surface area contributed by atoms with Crippen molar-refractivity contribution in [3.05, 3.63) is 94.3 Å². The van der Waals surface area contributed by atoms with E-state index < -0.39 is 23.4 Å². The number of nitrogens with one attached hydrogen (secondary N) is 1. The Morgan fingerprint density at radius 3 is 2.42 bits per heavy atom. The number of urea groups is 1. The zero-order valence-corrected chi connectivity index (χ0v) is 18.1. The molecular formula is C24H19ClF3N3O2. The molecule has 1 saturated heterocycles. The maximum absolute atomic E-state index is 13.5. The molecule has 170 valence electrons. The molecule has 1 N–H and O–H groups in total. The topological polar surface area (TPSA) is 52.7 Å². The molecule has 33 heavy (non-hydrogen) atoms. The van der Waals surface area contributed by atoms with E-state index in [-0.39, 0.29) is 23.2 Å². The Labute approximate surface area is 193 Å². The lowest BCUT2D eigenvalue weighted by molar-refractivity contribution is 0.102. The van der Waals surface area contributed by atoms with Gasteiger partial charge in [0.2, 0.25) is 0 Å². The predicted molar refractivity (Wildman–Crippen MR) is 120 cm³/mol. The van der Waals surface area contributed by atoms with Crippen LogP contribution in [0.1, 0.15) is 22.3 Å². The molecule has 5 nitrogen and oxygen atoms in total. The molecule has 1 aliphatic heterocycles. The molecule has 0 saturated carbocycles. The van der Waals surface area contributed by atoms with Crippen LogP contribution in [-0.4, -0.2) is 29.9 Å². The molecule has 0 unspecified atom stereocenters. The van der Waals surface area contributed by atoms with Gasteiger partial charge in [0.25, 0.3) is 5.91 Å². The molecule has 0 spiro atoms. The Morgan fingerprint density at radius 2 is 1.70 bits per heavy atom. The van der Waals surface area contributed by atoms with E-state index in [0.717, 1.165) is 12.1 Å². The second kappa shape index (κ2) is 9.54. The van der Waals surface area contributed by atoms with E-state index in [1.807, 2.05) is 0 Å². The SMILES string of the molecule is O=C(Nc1cc(N2CCCN(Cc3ccc(F)c(F)c3)C2=O)ccc1Cl)c1ccc(F)cc1. The molecule has 0 bridgehead atoms. The van der Waals surface area contributed by atoms with Crippen LogP contribution >= 0.6 is 11.6 Å². The van der Waals surface area contributed by atoms with Crippen molar-refractivity contribution >= 4 is 34.9 Å². The van der Waals surface area contributed by atoms with Crippen LogP contribution in [0.5, 0.6) is 0 Å². The standard InChI is InChI=1S/C24H19ClF3N3O2/c25-19-8-7-18(13-22(19)29-23(32)16-3-5-17(26)6-4-16)31-11-1-10-30(24(31)33)14-15-2-9-20(27)21(28)12-15/h2-9,12-13H,1,10-11,14H2,(H,29,32). The Bertz CT molecular complexity index is 1200. The summed E-state index contributed by atoms with van der Waals surface area (Å²) in [6, 6.07) is 13.1. The summed E-state index contributed by atoms with van der Waals surface area (Å²) in [4.78, 5) is 28.7. The number of nitrogens with zero attached hydrogens (tertiary/aromatic N) is 2. The lowest BCUT2D eigenvalue weighted by Gasteiger charge is -2.36. The Hall–Kier alpha value is -3.52. The lowest BCUT2D eigenvalue weighted by atomic mass is 10.1. The summed E-state index contributed by atoms with van der Waals surface area (Å²) in [6.07, 6.45) is 0.662. The molecule has 1 aliphatic rings. The Morgan fingerprint density at radius 1 is 0.939 bits per heavy atom. The highest BCUT2D eigenvalue weighted by molar-refractivity contribution is 6.34. The number of hydrogen-bond donors (Lipinski definition) is 1. The highest BCUT2D eigenvalue weighted by Crippen LogP contribution is 2.30. The van der Waals surface area contributed by atoms with Crippen LogP contribution in [0.25, 0.3) is 0 Å². The highest BCUT2D eigenvalue weighted by atomic mass is 35.5. The summed E-state index contributed by atoms with van der Waals surface area (Å²) >= 11 is 6.24. The van der Waals surface area contributed by atoms with Crippen molar-refractivity contribution in [2.24, 2.45) is 0 Å². The molecule has 0 aromatic heterocycles. The second-order valence-corrected chi connectivity index (χ2v) is 7.99. The molecule has 0 radical (unpaired) electrons. The van der Waals surface area contributed by atoms with Gasteiger partial charge in [0, 0.05) is 30.9 Å². The van der Waals surface area contributed by atoms with Gasteiger partial charge in [-0.25, -0.2) is 18.0 Å². The van der Waals surface area contributed by atoms with E-state index in [1.54, 1.807) is 23.1 Å². The fraction of sp³-hybridized carbons (Fsp3) is 0.167. The van der Waals surface area contributed by atoms with Crippen LogP contribution in [0.2, 0.25) is 5.02 Å². The molecule has 1 fully saturated rings. The van der Waals surface area contributed by atoms with E-state index in [0.29, 0.717) is 36.4 Å². The van der Waals surface area contributed by atoms with Crippen LogP contribution in [0, 0.1) is 17.5 Å². The van der Waals surface area contributed by atoms with E-state index in [4.69, 9.17) is 11.6 Å². The van der Waals surface area contributed by atoms with E-state index >= 15 is 0 Å². The third kappa shape index (κ3) is 5.12. The first-order valence-electron chi connectivity index (χ1n) is 10.2. The minimum atomic E-state index is -0.965. The first-order valence-corrected chi connectivity index (χ1v) is 10.6. The molecule has 0 atom stereocenters. The largest absolute Gasteiger partial charge is 0.324 e. The fourth-order valence-electron chi connectivity index (χ4n) is 3.60. The van der Waals surface area contributed by atoms with Crippen molar-refractivity contribution in [1.29, 1.82) is 0 Å². The van der Waals surface area contributed by atoms with Crippen molar-refractivity contribution < 1.29 is 22.8 Å². The maximum Gasteiger partial charge on any atom is 0.324 e. The van der Waals surface area contributed by atoms with Crippen LogP contribution in [0.4, 0.5) is 29.3 Å². The Balaban J connectivity index is 1.51. The average Bonchev–Trinajstić information content (AvgIpc) is 2.80. The summed E-state index contributed by atoms with van der Waals surface area (Å²) in [7, 11) is 0. The number of amides is 3. The van der Waals surface area contributed by atoms with Gasteiger partial charge in [-0.15, -0.1) is 0 Å². The van der Waals surface area contributed by atoms with E-state index in [2.05, 4.69) is 5.32 Å². The molecule has 3 aromatic rings. The first kappa shape index (κ1) is 22.7. The number of benzene rings is 3. The molecule has 4 rings (SSSR count). The van der Waals surface area contributed by atoms with Crippen molar-refractivity contribution in [2.45, 2.75) is 13.0 Å². The predicted octanol–water partition coefficient (Wildman–Crippen LogP) is 5.84. The number of halogens is 4. The third-order valence-corrected chi connectivity index (χ3v) is 5.61. The second-order valence-electron chi connectivity index (χ2n) is 7.58. The number of hydrogen-bond acceptors (Lipinski definition) is 2. The van der Waals surface area contributed by atoms with Gasteiger partial charge >= 0.3 is 6.03 Å². The molecule has 3 aromatic carbocycles. The minimum absolute atomic E-state index is 0.133. The van der Waals surface area contributed by atoms with Crippen LogP contribution in [-0.2, 0) is 6.54 Å². The summed E-state index contributed by atoms with van der Waals surface area (Å²) < 4.78 is 39.9. The molecule has 9 heteroatoms. The van der Waals surface area contributed by atoms with Crippen molar-refractivity contribution in [1.82, 2.24) is 4.90 Å². The highest BCUT2D eigenvalue weighted by Gasteiger charge is 2.27. The van der Waals surface area contributed by atoms with Gasteiger partial charge in [0.15, 0.2) is 11.6 Å². The van der Waals surface area contributed by atoms with Gasteiger partial charge in [0.05, 0.1) is 10.7 Å². The van der Waals surface area contributed by atoms with Crippen molar-refractivity contribution in [2.75, 3.05) is 23.3 Å². The van der Waals surface area contributed by atoms with E-state index in [1.165, 1.54) is 35.2 Å². The maximum atomic E-state index is 13.5. The van der Waals surface area contributed by atoms with Gasteiger partial charge in [-0.1, -0.05) is 17.7 Å². The molecule has 1 heterocycles. The van der Waals surface area contributed by atoms with E-state index in [9.17, 15) is 22.8 Å². The smallest absolute Gasteiger partial charge is 0.321 e. The van der Waals surface area contributed by atoms with Crippen LogP contribution in [0.3, 0.4) is 0 Å². The van der Waals surface area contributed by atoms with Crippen molar-refractivity contribution in [3.8, 4) is 0 Å². The fourth-order valence-corrected chi connectivity index (χ4v) is 3.76. The Kier molecular flexibility index (Phi) is 6.55. The number of carbonyl (C=O) groups excluding carboxylic acids is 2. The van der Waals surface area contributed by atoms with Crippen LogP contribution in [0.15, 0.2) is 60.7 Å². The molecule has 3 amide bonds. The monoisotopic (exact) mass is 473 g/mol. The molecular weight excluding hydrogens is 455 g/mol.